The highest BCUT2D eigenvalue weighted by Gasteiger charge is 2.35. The van der Waals surface area contributed by atoms with Gasteiger partial charge in [0.1, 0.15) is 12.3 Å². The van der Waals surface area contributed by atoms with Crippen LogP contribution in [0.3, 0.4) is 0 Å². The van der Waals surface area contributed by atoms with Gasteiger partial charge in [-0.3, -0.25) is 9.59 Å². The van der Waals surface area contributed by atoms with Crippen molar-refractivity contribution in [1.29, 1.82) is 0 Å². The van der Waals surface area contributed by atoms with Crippen molar-refractivity contribution in [3.05, 3.63) is 0 Å². The van der Waals surface area contributed by atoms with Gasteiger partial charge in [-0.25, -0.2) is 0 Å². The average molecular weight is 603 g/mol. The van der Waals surface area contributed by atoms with E-state index in [-0.39, 0.29) is 5.97 Å². The molecule has 10 nitrogen and oxygen atoms in total. The molecule has 0 saturated carbocycles. The molecule has 0 aromatic heterocycles. The van der Waals surface area contributed by atoms with E-state index in [0.717, 1.165) is 38.3 Å². The van der Waals surface area contributed by atoms with Gasteiger partial charge >= 0.3 is 9.28 Å². The Bertz CT molecular complexity index is 590. The maximum atomic E-state index is 11.0. The Morgan fingerprint density at radius 3 is 2.03 bits per heavy atom. The maximum absolute atomic E-state index is 11.0. The largest absolute Gasteiger partial charge is 0.520 e. The third kappa shape index (κ3) is 25.6. The van der Waals surface area contributed by atoms with Crippen molar-refractivity contribution in [3.63, 3.8) is 0 Å². The molecule has 0 spiro atoms. The fourth-order valence-corrected chi connectivity index (χ4v) is 11.2. The Kier molecular flexibility index (Phi) is 22.4. The minimum atomic E-state index is -2.04. The predicted octanol–water partition coefficient (Wildman–Crippen LogP) is 3.85. The lowest BCUT2D eigenvalue weighted by Crippen LogP contribution is -2.43. The summed E-state index contributed by atoms with van der Waals surface area (Å²) >= 11 is 0. The summed E-state index contributed by atoms with van der Waals surface area (Å²) in [5.41, 5.74) is 0. The summed E-state index contributed by atoms with van der Waals surface area (Å²) in [7, 11) is -1.39. The number of hydrogen-bond acceptors (Lipinski definition) is 10. The van der Waals surface area contributed by atoms with E-state index in [9.17, 15) is 9.59 Å². The van der Waals surface area contributed by atoms with E-state index in [1.54, 1.807) is 14.2 Å². The zero-order valence-corrected chi connectivity index (χ0v) is 29.3. The summed E-state index contributed by atoms with van der Waals surface area (Å²) in [5, 5.41) is 0. The second-order valence-electron chi connectivity index (χ2n) is 10.3. The molecule has 1 aliphatic rings. The first-order chi connectivity index (χ1) is 17.2. The second kappa shape index (κ2) is 21.4. The van der Waals surface area contributed by atoms with Crippen LogP contribution in [-0.4, -0.2) is 107 Å². The molecule has 1 rings (SSSR count). The van der Waals surface area contributed by atoms with Gasteiger partial charge in [-0.15, -0.1) is 0 Å². The summed E-state index contributed by atoms with van der Waals surface area (Å²) in [4.78, 5) is 21.3. The van der Waals surface area contributed by atoms with Gasteiger partial charge in [-0.1, -0.05) is 0 Å². The first-order valence-corrected chi connectivity index (χ1v) is 24.0. The molecule has 14 heteroatoms. The molecule has 0 aliphatic carbocycles. The molecule has 0 radical (unpaired) electrons. The van der Waals surface area contributed by atoms with Crippen molar-refractivity contribution in [3.8, 4) is 0 Å². The van der Waals surface area contributed by atoms with Gasteiger partial charge in [-0.2, -0.15) is 0 Å². The monoisotopic (exact) mass is 602 g/mol. The highest BCUT2D eigenvalue weighted by atomic mass is 28.4. The van der Waals surface area contributed by atoms with Gasteiger partial charge in [0.2, 0.25) is 16.6 Å². The summed E-state index contributed by atoms with van der Waals surface area (Å²) in [6.07, 6.45) is 1.86. The summed E-state index contributed by atoms with van der Waals surface area (Å²) in [5.74, 6) is -0.226. The van der Waals surface area contributed by atoms with Crippen molar-refractivity contribution in [1.82, 2.24) is 0 Å². The van der Waals surface area contributed by atoms with Crippen LogP contribution in [0, 0.1) is 0 Å². The highest BCUT2D eigenvalue weighted by molar-refractivity contribution is 6.78. The first kappa shape index (κ1) is 38.7. The van der Waals surface area contributed by atoms with Crippen molar-refractivity contribution < 1.29 is 45.9 Å². The van der Waals surface area contributed by atoms with Gasteiger partial charge in [0, 0.05) is 41.5 Å². The lowest BCUT2D eigenvalue weighted by atomic mass is 10.5. The number of ether oxygens (including phenoxy) is 3. The van der Waals surface area contributed by atoms with Crippen molar-refractivity contribution in [2.24, 2.45) is 0 Å². The zero-order valence-electron chi connectivity index (χ0n) is 25.2. The van der Waals surface area contributed by atoms with Crippen LogP contribution in [0.5, 0.6) is 0 Å². The average Bonchev–Trinajstić information content (AvgIpc) is 3.65. The second-order valence-corrected chi connectivity index (χ2v) is 25.0. The fraction of sp³-hybridized carbons (Fsp3) is 0.913. The molecular formula is C23H54O10Si4. The fourth-order valence-electron chi connectivity index (χ4n) is 2.93. The van der Waals surface area contributed by atoms with Gasteiger partial charge in [0.05, 0.1) is 13.2 Å². The molecular weight excluding hydrogens is 549 g/mol. The van der Waals surface area contributed by atoms with Crippen molar-refractivity contribution in [2.45, 2.75) is 83.8 Å². The van der Waals surface area contributed by atoms with Crippen LogP contribution in [0.2, 0.25) is 57.4 Å². The molecule has 37 heavy (non-hydrogen) atoms. The summed E-state index contributed by atoms with van der Waals surface area (Å²) in [6.45, 7) is 19.4. The molecule has 1 aliphatic heterocycles. The summed E-state index contributed by atoms with van der Waals surface area (Å²) < 4.78 is 41.5. The van der Waals surface area contributed by atoms with Crippen LogP contribution in [0.15, 0.2) is 0 Å². The Morgan fingerprint density at radius 2 is 1.62 bits per heavy atom. The third-order valence-corrected chi connectivity index (χ3v) is 15.5. The molecule has 1 saturated heterocycles. The van der Waals surface area contributed by atoms with Gasteiger partial charge < -0.3 is 36.3 Å². The molecule has 1 fully saturated rings. The highest BCUT2D eigenvalue weighted by Crippen LogP contribution is 2.22. The lowest BCUT2D eigenvalue weighted by Gasteiger charge is -2.29. The molecule has 0 N–H and O–H groups in total. The zero-order chi connectivity index (χ0) is 29.0. The quantitative estimate of drug-likeness (QED) is 0.0992. The molecule has 0 bridgehead atoms. The van der Waals surface area contributed by atoms with Crippen molar-refractivity contribution in [2.75, 3.05) is 54.0 Å². The van der Waals surface area contributed by atoms with E-state index >= 15 is 0 Å². The maximum Gasteiger partial charge on any atom is 0.317 e. The normalized spacial score (nSPS) is 16.5. The molecule has 0 amide bonds. The topological polar surface area (TPSA) is 111 Å². The van der Waals surface area contributed by atoms with E-state index in [1.165, 1.54) is 13.0 Å². The summed E-state index contributed by atoms with van der Waals surface area (Å²) in [6, 6.07) is 2.84. The molecule has 0 aromatic carbocycles. The van der Waals surface area contributed by atoms with Gasteiger partial charge in [0.25, 0.3) is 12.4 Å². The predicted molar refractivity (Wildman–Crippen MR) is 156 cm³/mol. The van der Waals surface area contributed by atoms with E-state index in [0.29, 0.717) is 25.4 Å². The SMILES string of the molecule is CCO[Si](C)(CC[Si](C)(C)OC(C)=O)COC=O.CO[SiH](C)OC.CO[Si](C)(C)CCCOCC1CO1. The number of hydrogen-bond donors (Lipinski definition) is 0. The van der Waals surface area contributed by atoms with Gasteiger partial charge in [-0.05, 0) is 70.8 Å². The Hall–Kier alpha value is -0.432. The smallest absolute Gasteiger partial charge is 0.317 e. The van der Waals surface area contributed by atoms with Crippen LogP contribution in [0.1, 0.15) is 20.3 Å². The molecule has 2 unspecified atom stereocenters. The standard InChI is InChI=1S/C11H24O5Si2.C9H20O3Si.C3H10O2Si/c1-6-15-18(5,10-14-9-12)8-7-17(3,4)16-11(2)13;1-10-13(2,3)6-4-5-11-7-9-8-12-9;1-4-6(3)5-2/h9H,6-8,10H2,1-5H3;9H,4-8H2,1-3H3;6H,1-3H3. The number of carbonyl (C=O) groups excluding carboxylic acids is 2. The van der Waals surface area contributed by atoms with Crippen molar-refractivity contribution >= 4 is 46.7 Å². The lowest BCUT2D eigenvalue weighted by molar-refractivity contribution is -0.132. The number of carbonyl (C=O) groups is 2. The van der Waals surface area contributed by atoms with E-state index < -0.39 is 34.2 Å². The van der Waals surface area contributed by atoms with Crippen LogP contribution in [-0.2, 0) is 45.9 Å². The van der Waals surface area contributed by atoms with E-state index in [2.05, 4.69) is 13.1 Å². The van der Waals surface area contributed by atoms with Crippen LogP contribution in [0.25, 0.3) is 0 Å². The Labute approximate surface area is 230 Å². The Balaban J connectivity index is 0. The molecule has 0 aromatic rings. The van der Waals surface area contributed by atoms with E-state index in [1.807, 2.05) is 40.2 Å². The third-order valence-electron chi connectivity index (χ3n) is 5.62. The van der Waals surface area contributed by atoms with Crippen LogP contribution < -0.4 is 0 Å². The molecule has 2 atom stereocenters. The Morgan fingerprint density at radius 1 is 1.03 bits per heavy atom. The molecule has 222 valence electrons. The minimum Gasteiger partial charge on any atom is -0.520 e. The number of rotatable bonds is 18. The van der Waals surface area contributed by atoms with E-state index in [4.69, 9.17) is 36.3 Å². The first-order valence-electron chi connectivity index (χ1n) is 12.9. The van der Waals surface area contributed by atoms with Crippen LogP contribution in [0.4, 0.5) is 0 Å². The number of epoxide rings is 1. The minimum absolute atomic E-state index is 0.226. The molecule has 1 heterocycles. The van der Waals surface area contributed by atoms with Crippen LogP contribution >= 0.6 is 0 Å². The van der Waals surface area contributed by atoms with Gasteiger partial charge in [0.15, 0.2) is 8.32 Å².